The monoisotopic (exact) mass is 192 g/mol. The van der Waals surface area contributed by atoms with Crippen LogP contribution in [0.2, 0.25) is 0 Å². The Morgan fingerprint density at radius 3 is 2.42 bits per heavy atom. The maximum absolute atomic E-state index is 10.5. The summed E-state index contributed by atoms with van der Waals surface area (Å²) in [5.41, 5.74) is 5.08. The molecular weight excluding hydrogens is 176 g/mol. The predicted molar refractivity (Wildman–Crippen MR) is 51.3 cm³/mol. The lowest BCUT2D eigenvalue weighted by Gasteiger charge is -2.28. The van der Waals surface area contributed by atoms with Crippen LogP contribution in [0.5, 0.6) is 0 Å². The third kappa shape index (κ3) is 3.93. The molecule has 72 valence electrons. The molecule has 0 spiro atoms. The summed E-state index contributed by atoms with van der Waals surface area (Å²) in [6.45, 7) is 4.75. The van der Waals surface area contributed by atoms with Crippen LogP contribution >= 0.6 is 12.4 Å². The first-order valence-corrected chi connectivity index (χ1v) is 4.19. The van der Waals surface area contributed by atoms with E-state index in [2.05, 4.69) is 11.8 Å². The third-order valence-electron chi connectivity index (χ3n) is 2.26. The minimum absolute atomic E-state index is 0. The number of piperidine rings is 1. The van der Waals surface area contributed by atoms with Gasteiger partial charge in [-0.3, -0.25) is 9.69 Å². The lowest BCUT2D eigenvalue weighted by atomic mass is 9.99. The third-order valence-corrected chi connectivity index (χ3v) is 2.26. The average molecular weight is 193 g/mol. The van der Waals surface area contributed by atoms with Crippen LogP contribution in [0.4, 0.5) is 0 Å². The minimum Gasteiger partial charge on any atom is -0.369 e. The highest BCUT2D eigenvalue weighted by molar-refractivity contribution is 5.85. The van der Waals surface area contributed by atoms with Crippen LogP contribution in [-0.2, 0) is 4.79 Å². The van der Waals surface area contributed by atoms with E-state index in [0.717, 1.165) is 19.0 Å². The van der Waals surface area contributed by atoms with Gasteiger partial charge in [-0.15, -0.1) is 12.4 Å². The molecule has 3 nitrogen and oxygen atoms in total. The Balaban J connectivity index is 0.00000121. The Morgan fingerprint density at radius 1 is 1.50 bits per heavy atom. The van der Waals surface area contributed by atoms with Gasteiger partial charge in [0.05, 0.1) is 6.54 Å². The summed E-state index contributed by atoms with van der Waals surface area (Å²) in [6.07, 6.45) is 2.40. The normalized spacial score (nSPS) is 20.1. The van der Waals surface area contributed by atoms with E-state index < -0.39 is 0 Å². The molecule has 12 heavy (non-hydrogen) atoms. The molecule has 0 aromatic rings. The molecular formula is C8H17ClN2O. The van der Waals surface area contributed by atoms with E-state index in [1.54, 1.807) is 0 Å². The first-order valence-electron chi connectivity index (χ1n) is 4.19. The van der Waals surface area contributed by atoms with Crippen LogP contribution in [0.1, 0.15) is 19.8 Å². The van der Waals surface area contributed by atoms with E-state index in [9.17, 15) is 4.79 Å². The fourth-order valence-electron chi connectivity index (χ4n) is 1.44. The summed E-state index contributed by atoms with van der Waals surface area (Å²) in [4.78, 5) is 12.7. The van der Waals surface area contributed by atoms with Gasteiger partial charge in [-0.25, -0.2) is 0 Å². The molecule has 0 saturated carbocycles. The van der Waals surface area contributed by atoms with Gasteiger partial charge < -0.3 is 5.73 Å². The van der Waals surface area contributed by atoms with Crippen molar-refractivity contribution in [2.24, 2.45) is 11.7 Å². The first kappa shape index (κ1) is 11.7. The summed E-state index contributed by atoms with van der Waals surface area (Å²) in [6, 6.07) is 0. The zero-order chi connectivity index (χ0) is 8.27. The molecule has 1 heterocycles. The molecule has 0 aromatic heterocycles. The zero-order valence-electron chi connectivity index (χ0n) is 7.45. The lowest BCUT2D eigenvalue weighted by molar-refractivity contribution is -0.119. The molecule has 0 bridgehead atoms. The number of nitrogens with two attached hydrogens (primary N) is 1. The highest BCUT2D eigenvalue weighted by atomic mass is 35.5. The van der Waals surface area contributed by atoms with Crippen LogP contribution in [0.25, 0.3) is 0 Å². The summed E-state index contributed by atoms with van der Waals surface area (Å²) >= 11 is 0. The number of carbonyl (C=O) groups is 1. The molecule has 0 aromatic carbocycles. The van der Waals surface area contributed by atoms with Crippen LogP contribution < -0.4 is 5.73 Å². The summed E-state index contributed by atoms with van der Waals surface area (Å²) < 4.78 is 0. The lowest BCUT2D eigenvalue weighted by Crippen LogP contribution is -2.39. The van der Waals surface area contributed by atoms with Crippen molar-refractivity contribution in [1.82, 2.24) is 4.90 Å². The summed E-state index contributed by atoms with van der Waals surface area (Å²) in [5.74, 6) is 0.610. The summed E-state index contributed by atoms with van der Waals surface area (Å²) in [5, 5.41) is 0. The summed E-state index contributed by atoms with van der Waals surface area (Å²) in [7, 11) is 0. The van der Waals surface area contributed by atoms with E-state index >= 15 is 0 Å². The highest BCUT2D eigenvalue weighted by Gasteiger charge is 2.16. The van der Waals surface area contributed by atoms with Gasteiger partial charge in [0.15, 0.2) is 0 Å². The molecule has 1 aliphatic heterocycles. The number of halogens is 1. The molecule has 0 radical (unpaired) electrons. The highest BCUT2D eigenvalue weighted by Crippen LogP contribution is 2.14. The van der Waals surface area contributed by atoms with Gasteiger partial charge in [0.25, 0.3) is 0 Å². The molecule has 2 N–H and O–H groups in total. The number of primary amides is 1. The largest absolute Gasteiger partial charge is 0.369 e. The van der Waals surface area contributed by atoms with Gasteiger partial charge in [-0.05, 0) is 31.8 Å². The fourth-order valence-corrected chi connectivity index (χ4v) is 1.44. The van der Waals surface area contributed by atoms with Gasteiger partial charge in [-0.2, -0.15) is 0 Å². The predicted octanol–water partition coefficient (Wildman–Crippen LogP) is 0.625. The van der Waals surface area contributed by atoms with E-state index in [4.69, 9.17) is 5.73 Å². The number of hydrogen-bond donors (Lipinski definition) is 1. The molecule has 0 atom stereocenters. The average Bonchev–Trinajstić information content (AvgIpc) is 1.93. The van der Waals surface area contributed by atoms with Crippen molar-refractivity contribution in [3.63, 3.8) is 0 Å². The Morgan fingerprint density at radius 2 is 2.00 bits per heavy atom. The maximum atomic E-state index is 10.5. The van der Waals surface area contributed by atoms with Gasteiger partial charge in [0, 0.05) is 0 Å². The number of likely N-dealkylation sites (tertiary alicyclic amines) is 1. The molecule has 1 aliphatic rings. The first-order chi connectivity index (χ1) is 5.18. The standard InChI is InChI=1S/C8H16N2O.ClH/c1-7-2-4-10(5-3-7)6-8(9)11;/h7H,2-6H2,1H3,(H2,9,11);1H. The van der Waals surface area contributed by atoms with Crippen LogP contribution in [0.15, 0.2) is 0 Å². The van der Waals surface area contributed by atoms with Crippen molar-refractivity contribution in [2.75, 3.05) is 19.6 Å². The number of rotatable bonds is 2. The van der Waals surface area contributed by atoms with E-state index in [-0.39, 0.29) is 18.3 Å². The smallest absolute Gasteiger partial charge is 0.231 e. The molecule has 1 amide bonds. The minimum atomic E-state index is -0.209. The zero-order valence-corrected chi connectivity index (χ0v) is 8.27. The van der Waals surface area contributed by atoms with Crippen LogP contribution in [-0.4, -0.2) is 30.4 Å². The Hall–Kier alpha value is -0.280. The van der Waals surface area contributed by atoms with Crippen molar-refractivity contribution < 1.29 is 4.79 Å². The van der Waals surface area contributed by atoms with Crippen molar-refractivity contribution >= 4 is 18.3 Å². The van der Waals surface area contributed by atoms with Gasteiger partial charge in [0.1, 0.15) is 0 Å². The molecule has 0 unspecified atom stereocenters. The second-order valence-electron chi connectivity index (χ2n) is 3.42. The SMILES string of the molecule is CC1CCN(CC(N)=O)CC1.Cl. The van der Waals surface area contributed by atoms with Gasteiger partial charge in [0.2, 0.25) is 5.91 Å². The van der Waals surface area contributed by atoms with Gasteiger partial charge in [-0.1, -0.05) is 6.92 Å². The second-order valence-corrected chi connectivity index (χ2v) is 3.42. The van der Waals surface area contributed by atoms with Crippen molar-refractivity contribution in [3.05, 3.63) is 0 Å². The number of carbonyl (C=O) groups excluding carboxylic acids is 1. The number of amides is 1. The molecule has 1 fully saturated rings. The second kappa shape index (κ2) is 5.38. The topological polar surface area (TPSA) is 46.3 Å². The molecule has 0 aliphatic carbocycles. The van der Waals surface area contributed by atoms with Crippen LogP contribution in [0.3, 0.4) is 0 Å². The van der Waals surface area contributed by atoms with Gasteiger partial charge >= 0.3 is 0 Å². The molecule has 1 rings (SSSR count). The van der Waals surface area contributed by atoms with Crippen LogP contribution in [0, 0.1) is 5.92 Å². The maximum Gasteiger partial charge on any atom is 0.231 e. The number of nitrogens with zero attached hydrogens (tertiary/aromatic N) is 1. The number of hydrogen-bond acceptors (Lipinski definition) is 2. The van der Waals surface area contributed by atoms with E-state index in [1.807, 2.05) is 0 Å². The van der Waals surface area contributed by atoms with E-state index in [0.29, 0.717) is 6.54 Å². The molecule has 1 saturated heterocycles. The Kier molecular flexibility index (Phi) is 5.25. The van der Waals surface area contributed by atoms with Crippen molar-refractivity contribution in [2.45, 2.75) is 19.8 Å². The Bertz CT molecular complexity index is 144. The Labute approximate surface area is 79.7 Å². The molecule has 4 heteroatoms. The van der Waals surface area contributed by atoms with Crippen molar-refractivity contribution in [3.8, 4) is 0 Å². The van der Waals surface area contributed by atoms with Crippen molar-refractivity contribution in [1.29, 1.82) is 0 Å². The fraction of sp³-hybridized carbons (Fsp3) is 0.875. The van der Waals surface area contributed by atoms with E-state index in [1.165, 1.54) is 12.8 Å². The quantitative estimate of drug-likeness (QED) is 0.698.